The van der Waals surface area contributed by atoms with Crippen molar-refractivity contribution in [3.63, 3.8) is 0 Å². The van der Waals surface area contributed by atoms with Gasteiger partial charge in [-0.2, -0.15) is 0 Å². The highest BCUT2D eigenvalue weighted by Gasteiger charge is 2.10. The molecule has 3 rings (SSSR count). The van der Waals surface area contributed by atoms with Crippen LogP contribution in [0.25, 0.3) is 10.9 Å². The Hall–Kier alpha value is -2.82. The number of nitrogens with zero attached hydrogens (tertiary/aromatic N) is 1. The molecule has 0 saturated heterocycles. The normalized spacial score (nSPS) is 10.7. The molecule has 0 spiro atoms. The Morgan fingerprint density at radius 1 is 1.38 bits per heavy atom. The second-order valence-corrected chi connectivity index (χ2v) is 4.98. The fraction of sp³-hybridized carbons (Fsp3) is 0.125. The van der Waals surface area contributed by atoms with E-state index in [1.54, 1.807) is 24.5 Å². The summed E-state index contributed by atoms with van der Waals surface area (Å²) in [5, 5.41) is 3.83. The summed E-state index contributed by atoms with van der Waals surface area (Å²) >= 11 is 0. The summed E-state index contributed by atoms with van der Waals surface area (Å²) in [6.07, 6.45) is 3.50. The molecule has 5 heteroatoms. The van der Waals surface area contributed by atoms with E-state index in [4.69, 9.17) is 5.73 Å². The number of benzene rings is 1. The molecule has 0 unspecified atom stereocenters. The second kappa shape index (κ2) is 5.28. The van der Waals surface area contributed by atoms with Gasteiger partial charge in [0.1, 0.15) is 5.69 Å². The van der Waals surface area contributed by atoms with E-state index in [-0.39, 0.29) is 5.91 Å². The minimum atomic E-state index is -0.151. The number of para-hydroxylation sites is 1. The zero-order valence-electron chi connectivity index (χ0n) is 11.7. The highest BCUT2D eigenvalue weighted by molar-refractivity contribution is 6.00. The first-order valence-electron chi connectivity index (χ1n) is 6.70. The van der Waals surface area contributed by atoms with Crippen molar-refractivity contribution in [3.8, 4) is 0 Å². The Balaban J connectivity index is 1.78. The Morgan fingerprint density at radius 2 is 2.24 bits per heavy atom. The number of pyridine rings is 1. The highest BCUT2D eigenvalue weighted by atomic mass is 16.1. The van der Waals surface area contributed by atoms with Crippen molar-refractivity contribution < 1.29 is 4.79 Å². The molecule has 4 N–H and O–H groups in total. The van der Waals surface area contributed by atoms with E-state index >= 15 is 0 Å². The minimum absolute atomic E-state index is 0.151. The zero-order valence-corrected chi connectivity index (χ0v) is 11.7. The van der Waals surface area contributed by atoms with Crippen LogP contribution in [0.4, 0.5) is 5.69 Å². The van der Waals surface area contributed by atoms with Gasteiger partial charge in [-0.3, -0.25) is 9.78 Å². The maximum atomic E-state index is 12.2. The molecule has 1 aromatic carbocycles. The van der Waals surface area contributed by atoms with Crippen molar-refractivity contribution in [1.82, 2.24) is 15.3 Å². The number of aromatic nitrogens is 2. The molecule has 5 nitrogen and oxygen atoms in total. The molecule has 2 aromatic heterocycles. The van der Waals surface area contributed by atoms with Gasteiger partial charge < -0.3 is 16.0 Å². The quantitative estimate of drug-likeness (QED) is 0.644. The fourth-order valence-electron chi connectivity index (χ4n) is 2.27. The SMILES string of the molecule is Cc1cnccc1CNC(=O)c1cc2cccc(N)c2[nH]1. The molecule has 0 atom stereocenters. The lowest BCUT2D eigenvalue weighted by Gasteiger charge is -2.06. The Bertz CT molecular complexity index is 807. The van der Waals surface area contributed by atoms with E-state index in [2.05, 4.69) is 15.3 Å². The number of fused-ring (bicyclic) bond motifs is 1. The number of amides is 1. The van der Waals surface area contributed by atoms with Gasteiger partial charge in [-0.25, -0.2) is 0 Å². The molecular weight excluding hydrogens is 264 g/mol. The number of nitrogens with one attached hydrogen (secondary N) is 2. The van der Waals surface area contributed by atoms with Crippen LogP contribution in [0.15, 0.2) is 42.7 Å². The van der Waals surface area contributed by atoms with E-state index in [0.717, 1.165) is 22.0 Å². The fourth-order valence-corrected chi connectivity index (χ4v) is 2.27. The molecular formula is C16H16N4O. The molecule has 0 aliphatic heterocycles. The molecule has 0 radical (unpaired) electrons. The number of nitrogen functional groups attached to an aromatic ring is 1. The van der Waals surface area contributed by atoms with E-state index < -0.39 is 0 Å². The lowest BCUT2D eigenvalue weighted by molar-refractivity contribution is 0.0946. The average molecular weight is 280 g/mol. The third kappa shape index (κ3) is 2.58. The highest BCUT2D eigenvalue weighted by Crippen LogP contribution is 2.21. The second-order valence-electron chi connectivity index (χ2n) is 4.98. The summed E-state index contributed by atoms with van der Waals surface area (Å²) in [6, 6.07) is 9.31. The van der Waals surface area contributed by atoms with Crippen LogP contribution >= 0.6 is 0 Å². The van der Waals surface area contributed by atoms with Gasteiger partial charge >= 0.3 is 0 Å². The molecule has 0 saturated carbocycles. The van der Waals surface area contributed by atoms with Gasteiger partial charge in [0.15, 0.2) is 0 Å². The van der Waals surface area contributed by atoms with E-state index in [0.29, 0.717) is 17.9 Å². The van der Waals surface area contributed by atoms with Gasteiger partial charge in [0.2, 0.25) is 0 Å². The summed E-state index contributed by atoms with van der Waals surface area (Å²) in [5.41, 5.74) is 9.93. The van der Waals surface area contributed by atoms with Gasteiger partial charge in [0.25, 0.3) is 5.91 Å². The molecule has 0 bridgehead atoms. The number of carbonyl (C=O) groups is 1. The lowest BCUT2D eigenvalue weighted by Crippen LogP contribution is -2.23. The predicted octanol–water partition coefficient (Wildman–Crippen LogP) is 2.38. The van der Waals surface area contributed by atoms with Gasteiger partial charge in [-0.05, 0) is 36.2 Å². The molecule has 2 heterocycles. The first-order valence-corrected chi connectivity index (χ1v) is 6.70. The smallest absolute Gasteiger partial charge is 0.267 e. The number of rotatable bonds is 3. The number of aryl methyl sites for hydroxylation is 1. The van der Waals surface area contributed by atoms with Crippen molar-refractivity contribution in [3.05, 3.63) is 59.5 Å². The van der Waals surface area contributed by atoms with E-state index in [1.807, 2.05) is 25.1 Å². The van der Waals surface area contributed by atoms with Crippen molar-refractivity contribution in [2.45, 2.75) is 13.5 Å². The predicted molar refractivity (Wildman–Crippen MR) is 82.9 cm³/mol. The largest absolute Gasteiger partial charge is 0.397 e. The third-order valence-corrected chi connectivity index (χ3v) is 3.51. The van der Waals surface area contributed by atoms with Crippen molar-refractivity contribution in [1.29, 1.82) is 0 Å². The summed E-state index contributed by atoms with van der Waals surface area (Å²) in [4.78, 5) is 19.3. The first kappa shape index (κ1) is 13.2. The molecule has 0 fully saturated rings. The van der Waals surface area contributed by atoms with Crippen LogP contribution in [0.5, 0.6) is 0 Å². The molecule has 21 heavy (non-hydrogen) atoms. The molecule has 0 aliphatic rings. The average Bonchev–Trinajstić information content (AvgIpc) is 2.92. The van der Waals surface area contributed by atoms with Crippen LogP contribution in [0.3, 0.4) is 0 Å². The summed E-state index contributed by atoms with van der Waals surface area (Å²) < 4.78 is 0. The number of carbonyl (C=O) groups excluding carboxylic acids is 1. The lowest BCUT2D eigenvalue weighted by atomic mass is 10.1. The van der Waals surface area contributed by atoms with Gasteiger partial charge in [-0.1, -0.05) is 12.1 Å². The van der Waals surface area contributed by atoms with Gasteiger partial charge in [0, 0.05) is 24.3 Å². The number of aromatic amines is 1. The van der Waals surface area contributed by atoms with E-state index in [9.17, 15) is 4.79 Å². The summed E-state index contributed by atoms with van der Waals surface area (Å²) in [5.74, 6) is -0.151. The standard InChI is InChI=1S/C16H16N4O/c1-10-8-18-6-5-12(10)9-19-16(21)14-7-11-3-2-4-13(17)15(11)20-14/h2-8,20H,9,17H2,1H3,(H,19,21). The van der Waals surface area contributed by atoms with Gasteiger partial charge in [-0.15, -0.1) is 0 Å². The maximum Gasteiger partial charge on any atom is 0.267 e. The van der Waals surface area contributed by atoms with Crippen LogP contribution in [0.2, 0.25) is 0 Å². The number of hydrogen-bond donors (Lipinski definition) is 3. The van der Waals surface area contributed by atoms with Crippen LogP contribution in [0, 0.1) is 6.92 Å². The number of anilines is 1. The zero-order chi connectivity index (χ0) is 14.8. The summed E-state index contributed by atoms with van der Waals surface area (Å²) in [7, 11) is 0. The van der Waals surface area contributed by atoms with Crippen LogP contribution in [-0.4, -0.2) is 15.9 Å². The maximum absolute atomic E-state index is 12.2. The van der Waals surface area contributed by atoms with Crippen LogP contribution in [0.1, 0.15) is 21.6 Å². The van der Waals surface area contributed by atoms with Crippen molar-refractivity contribution >= 4 is 22.5 Å². The van der Waals surface area contributed by atoms with Gasteiger partial charge in [0.05, 0.1) is 11.2 Å². The number of nitrogens with two attached hydrogens (primary N) is 1. The molecule has 1 amide bonds. The van der Waals surface area contributed by atoms with Crippen molar-refractivity contribution in [2.75, 3.05) is 5.73 Å². The Morgan fingerprint density at radius 3 is 3.00 bits per heavy atom. The van der Waals surface area contributed by atoms with Crippen LogP contribution < -0.4 is 11.1 Å². The molecule has 3 aromatic rings. The first-order chi connectivity index (χ1) is 10.1. The van der Waals surface area contributed by atoms with E-state index in [1.165, 1.54) is 0 Å². The Kier molecular flexibility index (Phi) is 3.31. The monoisotopic (exact) mass is 280 g/mol. The van der Waals surface area contributed by atoms with Crippen LogP contribution in [-0.2, 0) is 6.54 Å². The number of hydrogen-bond acceptors (Lipinski definition) is 3. The third-order valence-electron chi connectivity index (χ3n) is 3.51. The van der Waals surface area contributed by atoms with Crippen molar-refractivity contribution in [2.24, 2.45) is 0 Å². The topological polar surface area (TPSA) is 83.8 Å². The summed E-state index contributed by atoms with van der Waals surface area (Å²) in [6.45, 7) is 2.44. The number of H-pyrrole nitrogens is 1. The molecule has 0 aliphatic carbocycles. The molecule has 106 valence electrons. The minimum Gasteiger partial charge on any atom is -0.397 e. The Labute approximate surface area is 122 Å².